The fourth-order valence-electron chi connectivity index (χ4n) is 3.12. The van der Waals surface area contributed by atoms with Crippen LogP contribution in [0, 0.1) is 18.7 Å². The van der Waals surface area contributed by atoms with Gasteiger partial charge in [0.15, 0.2) is 0 Å². The zero-order chi connectivity index (χ0) is 17.8. The van der Waals surface area contributed by atoms with Crippen molar-refractivity contribution in [1.82, 2.24) is 4.90 Å². The minimum atomic E-state index is -0.482. The lowest BCUT2D eigenvalue weighted by Gasteiger charge is -2.31. The molecule has 1 aliphatic heterocycles. The van der Waals surface area contributed by atoms with Crippen LogP contribution in [-0.4, -0.2) is 23.9 Å². The minimum absolute atomic E-state index is 0.0157. The van der Waals surface area contributed by atoms with Crippen molar-refractivity contribution in [2.24, 2.45) is 5.92 Å². The van der Waals surface area contributed by atoms with E-state index in [1.165, 1.54) is 29.3 Å². The van der Waals surface area contributed by atoms with Crippen LogP contribution in [0.2, 0.25) is 5.02 Å². The second kappa shape index (κ2) is 7.98. The molecule has 1 aliphatic rings. The highest BCUT2D eigenvalue weighted by molar-refractivity contribution is 6.31. The van der Waals surface area contributed by atoms with E-state index >= 15 is 0 Å². The van der Waals surface area contributed by atoms with E-state index < -0.39 is 5.82 Å². The highest BCUT2D eigenvalue weighted by Crippen LogP contribution is 2.23. The molecule has 0 radical (unpaired) electrons. The molecule has 0 bridgehead atoms. The molecule has 0 atom stereocenters. The number of anilines is 1. The Morgan fingerprint density at radius 1 is 1.20 bits per heavy atom. The lowest BCUT2D eigenvalue weighted by atomic mass is 9.95. The Kier molecular flexibility index (Phi) is 5.71. The number of amides is 1. The summed E-state index contributed by atoms with van der Waals surface area (Å²) in [6.45, 7) is 4.80. The van der Waals surface area contributed by atoms with Crippen molar-refractivity contribution in [2.45, 2.75) is 26.3 Å². The van der Waals surface area contributed by atoms with E-state index in [0.717, 1.165) is 32.5 Å². The summed E-state index contributed by atoms with van der Waals surface area (Å²) in [4.78, 5) is 14.8. The van der Waals surface area contributed by atoms with Crippen molar-refractivity contribution in [3.63, 3.8) is 0 Å². The van der Waals surface area contributed by atoms with E-state index in [1.807, 2.05) is 0 Å². The summed E-state index contributed by atoms with van der Waals surface area (Å²) in [6.07, 6.45) is 1.65. The van der Waals surface area contributed by atoms with Crippen LogP contribution < -0.4 is 5.32 Å². The molecule has 1 amide bonds. The molecule has 0 saturated carbocycles. The molecule has 2 aromatic carbocycles. The summed E-state index contributed by atoms with van der Waals surface area (Å²) < 4.78 is 13.2. The summed E-state index contributed by atoms with van der Waals surface area (Å²) in [5.41, 5.74) is 3.10. The predicted octanol–water partition coefficient (Wildman–Crippen LogP) is 4.64. The van der Waals surface area contributed by atoms with Gasteiger partial charge in [-0.3, -0.25) is 9.69 Å². The van der Waals surface area contributed by atoms with Gasteiger partial charge in [0, 0.05) is 18.2 Å². The third kappa shape index (κ3) is 4.80. The minimum Gasteiger partial charge on any atom is -0.326 e. The molecular formula is C20H22ClFN2O. The molecular weight excluding hydrogens is 339 g/mol. The molecule has 1 heterocycles. The van der Waals surface area contributed by atoms with Gasteiger partial charge in [-0.2, -0.15) is 0 Å². The van der Waals surface area contributed by atoms with Gasteiger partial charge in [0.2, 0.25) is 5.91 Å². The number of hydrogen-bond acceptors (Lipinski definition) is 2. The SMILES string of the molecule is Cc1ccc(CN2CCC(C(=O)Nc3ccc(F)c(Cl)c3)CC2)cc1. The monoisotopic (exact) mass is 360 g/mol. The number of carbonyl (C=O) groups excluding carboxylic acids is 1. The first-order valence-electron chi connectivity index (χ1n) is 8.55. The zero-order valence-corrected chi connectivity index (χ0v) is 15.0. The van der Waals surface area contributed by atoms with Crippen LogP contribution in [0.1, 0.15) is 24.0 Å². The molecule has 0 aromatic heterocycles. The van der Waals surface area contributed by atoms with Crippen LogP contribution in [0.4, 0.5) is 10.1 Å². The van der Waals surface area contributed by atoms with Gasteiger partial charge >= 0.3 is 0 Å². The molecule has 0 aliphatic carbocycles. The lowest BCUT2D eigenvalue weighted by molar-refractivity contribution is -0.121. The third-order valence-electron chi connectivity index (χ3n) is 4.67. The molecule has 1 N–H and O–H groups in total. The number of nitrogens with one attached hydrogen (secondary N) is 1. The average molecular weight is 361 g/mol. The van der Waals surface area contributed by atoms with E-state index in [1.54, 1.807) is 0 Å². The molecule has 2 aromatic rings. The first-order valence-corrected chi connectivity index (χ1v) is 8.93. The van der Waals surface area contributed by atoms with Gasteiger partial charge in [0.05, 0.1) is 5.02 Å². The number of hydrogen-bond donors (Lipinski definition) is 1. The standard InChI is InChI=1S/C20H22ClFN2O/c1-14-2-4-15(5-3-14)13-24-10-8-16(9-11-24)20(25)23-17-6-7-19(22)18(21)12-17/h2-7,12,16H,8-11,13H2,1H3,(H,23,25). The van der Waals surface area contributed by atoms with Crippen LogP contribution >= 0.6 is 11.6 Å². The Bertz CT molecular complexity index is 740. The van der Waals surface area contributed by atoms with E-state index in [0.29, 0.717) is 5.69 Å². The van der Waals surface area contributed by atoms with Crippen LogP contribution in [0.3, 0.4) is 0 Å². The number of carbonyl (C=O) groups is 1. The summed E-state index contributed by atoms with van der Waals surface area (Å²) in [7, 11) is 0. The predicted molar refractivity (Wildman–Crippen MR) is 99.2 cm³/mol. The van der Waals surface area contributed by atoms with Crippen molar-refractivity contribution >= 4 is 23.2 Å². The average Bonchev–Trinajstić information content (AvgIpc) is 2.61. The molecule has 132 valence electrons. The normalized spacial score (nSPS) is 16.0. The molecule has 25 heavy (non-hydrogen) atoms. The number of piperidine rings is 1. The number of nitrogens with zero attached hydrogens (tertiary/aromatic N) is 1. The van der Waals surface area contributed by atoms with Crippen molar-refractivity contribution in [1.29, 1.82) is 0 Å². The fraction of sp³-hybridized carbons (Fsp3) is 0.350. The van der Waals surface area contributed by atoms with Crippen molar-refractivity contribution in [3.8, 4) is 0 Å². The second-order valence-electron chi connectivity index (χ2n) is 6.65. The van der Waals surface area contributed by atoms with Crippen molar-refractivity contribution in [2.75, 3.05) is 18.4 Å². The fourth-order valence-corrected chi connectivity index (χ4v) is 3.30. The third-order valence-corrected chi connectivity index (χ3v) is 4.96. The van der Waals surface area contributed by atoms with Gasteiger partial charge in [0.25, 0.3) is 0 Å². The maximum absolute atomic E-state index is 13.2. The van der Waals surface area contributed by atoms with Gasteiger partial charge in [0.1, 0.15) is 5.82 Å². The van der Waals surface area contributed by atoms with Gasteiger partial charge < -0.3 is 5.32 Å². The maximum Gasteiger partial charge on any atom is 0.227 e. The quantitative estimate of drug-likeness (QED) is 0.861. The molecule has 3 nitrogen and oxygen atoms in total. The topological polar surface area (TPSA) is 32.3 Å². The number of aryl methyl sites for hydroxylation is 1. The van der Waals surface area contributed by atoms with E-state index in [2.05, 4.69) is 41.4 Å². The Labute approximate surface area is 152 Å². The van der Waals surface area contributed by atoms with Gasteiger partial charge in [-0.15, -0.1) is 0 Å². The van der Waals surface area contributed by atoms with Crippen LogP contribution in [-0.2, 0) is 11.3 Å². The summed E-state index contributed by atoms with van der Waals surface area (Å²) >= 11 is 5.76. The first-order chi connectivity index (χ1) is 12.0. The molecule has 0 spiro atoms. The van der Waals surface area contributed by atoms with Crippen molar-refractivity contribution in [3.05, 3.63) is 64.4 Å². The number of benzene rings is 2. The van der Waals surface area contributed by atoms with Crippen LogP contribution in [0.5, 0.6) is 0 Å². The van der Waals surface area contributed by atoms with E-state index in [4.69, 9.17) is 11.6 Å². The molecule has 5 heteroatoms. The maximum atomic E-state index is 13.2. The van der Waals surface area contributed by atoms with E-state index in [-0.39, 0.29) is 16.8 Å². The number of likely N-dealkylation sites (tertiary alicyclic amines) is 1. The van der Waals surface area contributed by atoms with Crippen LogP contribution in [0.15, 0.2) is 42.5 Å². The van der Waals surface area contributed by atoms with Gasteiger partial charge in [-0.25, -0.2) is 4.39 Å². The highest BCUT2D eigenvalue weighted by Gasteiger charge is 2.25. The van der Waals surface area contributed by atoms with Gasteiger partial charge in [-0.1, -0.05) is 41.4 Å². The van der Waals surface area contributed by atoms with Crippen molar-refractivity contribution < 1.29 is 9.18 Å². The number of rotatable bonds is 4. The van der Waals surface area contributed by atoms with E-state index in [9.17, 15) is 9.18 Å². The molecule has 0 unspecified atom stereocenters. The zero-order valence-electron chi connectivity index (χ0n) is 14.3. The Morgan fingerprint density at radius 3 is 2.52 bits per heavy atom. The Balaban J connectivity index is 1.50. The molecule has 3 rings (SSSR count). The van der Waals surface area contributed by atoms with Gasteiger partial charge in [-0.05, 0) is 56.6 Å². The second-order valence-corrected chi connectivity index (χ2v) is 7.06. The first kappa shape index (κ1) is 17.9. The van der Waals surface area contributed by atoms with Crippen LogP contribution in [0.25, 0.3) is 0 Å². The smallest absolute Gasteiger partial charge is 0.227 e. The highest BCUT2D eigenvalue weighted by atomic mass is 35.5. The molecule has 1 fully saturated rings. The summed E-state index contributed by atoms with van der Waals surface area (Å²) in [5, 5.41) is 2.86. The Morgan fingerprint density at radius 2 is 1.88 bits per heavy atom. The summed E-state index contributed by atoms with van der Waals surface area (Å²) in [5.74, 6) is -0.514. The lowest BCUT2D eigenvalue weighted by Crippen LogP contribution is -2.37. The summed E-state index contributed by atoms with van der Waals surface area (Å²) in [6, 6.07) is 12.8. The molecule has 1 saturated heterocycles. The largest absolute Gasteiger partial charge is 0.326 e. The number of halogens is 2. The Hall–Kier alpha value is -1.91.